The number of carbonyl (C=O) groups is 1. The van der Waals surface area contributed by atoms with Crippen molar-refractivity contribution in [3.8, 4) is 0 Å². The number of hydrogen-bond acceptors (Lipinski definition) is 1. The number of hydrogen-bond donors (Lipinski definition) is 0. The van der Waals surface area contributed by atoms with Gasteiger partial charge in [0, 0.05) is 5.56 Å². The van der Waals surface area contributed by atoms with Gasteiger partial charge in [-0.15, -0.1) is 0 Å². The second kappa shape index (κ2) is 5.37. The largest absolute Gasteiger partial charge is 0.288 e. The molecule has 20 heavy (non-hydrogen) atoms. The van der Waals surface area contributed by atoms with E-state index < -0.39 is 5.82 Å². The molecule has 0 unspecified atom stereocenters. The molecule has 0 amide bonds. The Balaban J connectivity index is 2.00. The van der Waals surface area contributed by atoms with Gasteiger partial charge in [0.1, 0.15) is 0 Å². The first kappa shape index (κ1) is 13.3. The fourth-order valence-corrected chi connectivity index (χ4v) is 2.88. The van der Waals surface area contributed by atoms with Crippen molar-refractivity contribution < 1.29 is 9.18 Å². The maximum atomic E-state index is 13.9. The molecule has 0 heterocycles. The molecule has 0 saturated carbocycles. The van der Waals surface area contributed by atoms with Gasteiger partial charge < -0.3 is 0 Å². The Kier molecular flexibility index (Phi) is 3.58. The van der Waals surface area contributed by atoms with Crippen molar-refractivity contribution >= 4 is 17.4 Å². The summed E-state index contributed by atoms with van der Waals surface area (Å²) in [5.41, 5.74) is 3.09. The first-order valence-electron chi connectivity index (χ1n) is 6.77. The molecule has 0 fully saturated rings. The molecule has 0 radical (unpaired) electrons. The zero-order valence-electron chi connectivity index (χ0n) is 11.0. The van der Waals surface area contributed by atoms with E-state index in [1.54, 1.807) is 12.1 Å². The molecule has 0 aliphatic heterocycles. The summed E-state index contributed by atoms with van der Waals surface area (Å²) in [5.74, 6) is -0.949. The van der Waals surface area contributed by atoms with Crippen LogP contribution in [0.25, 0.3) is 0 Å². The molecular weight excluding hydrogens is 275 g/mol. The zero-order valence-corrected chi connectivity index (χ0v) is 11.7. The first-order valence-corrected chi connectivity index (χ1v) is 7.15. The predicted molar refractivity (Wildman–Crippen MR) is 77.9 cm³/mol. The normalized spacial score (nSPS) is 13.9. The van der Waals surface area contributed by atoms with E-state index in [1.807, 2.05) is 12.1 Å². The van der Waals surface area contributed by atoms with Gasteiger partial charge >= 0.3 is 0 Å². The molecule has 0 aromatic heterocycles. The van der Waals surface area contributed by atoms with E-state index in [-0.39, 0.29) is 16.4 Å². The number of ketones is 1. The predicted octanol–water partition coefficient (Wildman–Crippen LogP) is 4.59. The summed E-state index contributed by atoms with van der Waals surface area (Å²) < 4.78 is 13.9. The molecule has 0 atom stereocenters. The van der Waals surface area contributed by atoms with Crippen LogP contribution in [0.3, 0.4) is 0 Å². The van der Waals surface area contributed by atoms with Gasteiger partial charge in [0.25, 0.3) is 0 Å². The van der Waals surface area contributed by atoms with Crippen molar-refractivity contribution in [3.05, 3.63) is 69.5 Å². The van der Waals surface area contributed by atoms with Crippen LogP contribution in [0.15, 0.2) is 36.4 Å². The fourth-order valence-electron chi connectivity index (χ4n) is 2.71. The van der Waals surface area contributed by atoms with Crippen molar-refractivity contribution in [3.63, 3.8) is 0 Å². The van der Waals surface area contributed by atoms with E-state index >= 15 is 0 Å². The minimum atomic E-state index is -0.642. The van der Waals surface area contributed by atoms with Gasteiger partial charge in [-0.2, -0.15) is 0 Å². The van der Waals surface area contributed by atoms with Crippen LogP contribution in [-0.2, 0) is 12.8 Å². The van der Waals surface area contributed by atoms with Crippen molar-refractivity contribution in [1.82, 2.24) is 0 Å². The topological polar surface area (TPSA) is 17.1 Å². The van der Waals surface area contributed by atoms with Crippen LogP contribution in [-0.4, -0.2) is 5.78 Å². The van der Waals surface area contributed by atoms with Crippen LogP contribution in [0.4, 0.5) is 4.39 Å². The monoisotopic (exact) mass is 288 g/mol. The minimum absolute atomic E-state index is 0.0196. The number of aryl methyl sites for hydroxylation is 2. The summed E-state index contributed by atoms with van der Waals surface area (Å²) in [6, 6.07) is 10.2. The lowest BCUT2D eigenvalue weighted by molar-refractivity contribution is 0.103. The van der Waals surface area contributed by atoms with Gasteiger partial charge in [-0.1, -0.05) is 29.8 Å². The Morgan fingerprint density at radius 1 is 1.05 bits per heavy atom. The second-order valence-electron chi connectivity index (χ2n) is 5.12. The molecule has 102 valence electrons. The minimum Gasteiger partial charge on any atom is -0.288 e. The van der Waals surface area contributed by atoms with Crippen molar-refractivity contribution in [2.24, 2.45) is 0 Å². The second-order valence-corrected chi connectivity index (χ2v) is 5.53. The summed E-state index contributed by atoms with van der Waals surface area (Å²) >= 11 is 5.73. The molecule has 1 aliphatic carbocycles. The summed E-state index contributed by atoms with van der Waals surface area (Å²) in [6.45, 7) is 0. The Labute approximate surface area is 122 Å². The smallest absolute Gasteiger partial charge is 0.196 e. The lowest BCUT2D eigenvalue weighted by atomic mass is 9.89. The number of fused-ring (bicyclic) bond motifs is 1. The van der Waals surface area contributed by atoms with Gasteiger partial charge in [-0.3, -0.25) is 4.79 Å². The summed E-state index contributed by atoms with van der Waals surface area (Å²) in [5, 5.41) is -0.0196. The molecule has 1 aliphatic rings. The average Bonchev–Trinajstić information content (AvgIpc) is 2.49. The highest BCUT2D eigenvalue weighted by atomic mass is 35.5. The van der Waals surface area contributed by atoms with Crippen molar-refractivity contribution in [2.45, 2.75) is 25.7 Å². The third kappa shape index (κ3) is 2.36. The van der Waals surface area contributed by atoms with Crippen molar-refractivity contribution in [2.75, 3.05) is 0 Å². The SMILES string of the molecule is O=C(c1ccc2c(c1)CCCC2)c1cccc(Cl)c1F. The van der Waals surface area contributed by atoms with E-state index in [9.17, 15) is 9.18 Å². The summed E-state index contributed by atoms with van der Waals surface area (Å²) in [6.07, 6.45) is 4.41. The lowest BCUT2D eigenvalue weighted by Gasteiger charge is -2.16. The van der Waals surface area contributed by atoms with Gasteiger partial charge in [0.2, 0.25) is 0 Å². The van der Waals surface area contributed by atoms with Gasteiger partial charge in [0.15, 0.2) is 11.6 Å². The van der Waals surface area contributed by atoms with E-state index in [4.69, 9.17) is 11.6 Å². The Hall–Kier alpha value is -1.67. The van der Waals surface area contributed by atoms with Crippen molar-refractivity contribution in [1.29, 1.82) is 0 Å². The highest BCUT2D eigenvalue weighted by Crippen LogP contribution is 2.25. The third-order valence-electron chi connectivity index (χ3n) is 3.81. The number of carbonyl (C=O) groups excluding carboxylic acids is 1. The molecule has 2 aromatic carbocycles. The molecule has 1 nitrogen and oxygen atoms in total. The lowest BCUT2D eigenvalue weighted by Crippen LogP contribution is -2.08. The third-order valence-corrected chi connectivity index (χ3v) is 4.10. The first-order chi connectivity index (χ1) is 9.66. The summed E-state index contributed by atoms with van der Waals surface area (Å²) in [7, 11) is 0. The molecule has 0 N–H and O–H groups in total. The number of benzene rings is 2. The fraction of sp³-hybridized carbons (Fsp3) is 0.235. The Morgan fingerprint density at radius 3 is 2.60 bits per heavy atom. The van der Waals surface area contributed by atoms with Crippen LogP contribution in [0.1, 0.15) is 39.9 Å². The molecule has 3 heteroatoms. The number of halogens is 2. The zero-order chi connectivity index (χ0) is 14.1. The van der Waals surface area contributed by atoms with Gasteiger partial charge in [-0.25, -0.2) is 4.39 Å². The van der Waals surface area contributed by atoms with Crippen LogP contribution in [0.2, 0.25) is 5.02 Å². The van der Waals surface area contributed by atoms with Crippen LogP contribution in [0, 0.1) is 5.82 Å². The molecule has 0 bridgehead atoms. The Morgan fingerprint density at radius 2 is 1.80 bits per heavy atom. The molecular formula is C17H14ClFO. The van der Waals surface area contributed by atoms with E-state index in [0.29, 0.717) is 5.56 Å². The molecule has 0 spiro atoms. The highest BCUT2D eigenvalue weighted by Gasteiger charge is 2.18. The van der Waals surface area contributed by atoms with Crippen LogP contribution in [0.5, 0.6) is 0 Å². The van der Waals surface area contributed by atoms with E-state index in [0.717, 1.165) is 19.3 Å². The quantitative estimate of drug-likeness (QED) is 0.739. The standard InChI is InChI=1S/C17H14ClFO/c18-15-7-3-6-14(16(15)19)17(20)13-9-8-11-4-1-2-5-12(11)10-13/h3,6-10H,1-2,4-5H2. The average molecular weight is 289 g/mol. The van der Waals surface area contributed by atoms with Crippen LogP contribution < -0.4 is 0 Å². The number of rotatable bonds is 2. The van der Waals surface area contributed by atoms with Gasteiger partial charge in [0.05, 0.1) is 10.6 Å². The molecule has 2 aromatic rings. The highest BCUT2D eigenvalue weighted by molar-refractivity contribution is 6.31. The van der Waals surface area contributed by atoms with Gasteiger partial charge in [-0.05, 0) is 55.0 Å². The Bertz CT molecular complexity index is 679. The molecule has 0 saturated heterocycles. The maximum absolute atomic E-state index is 13.9. The maximum Gasteiger partial charge on any atom is 0.196 e. The van der Waals surface area contributed by atoms with E-state index in [2.05, 4.69) is 0 Å². The summed E-state index contributed by atoms with van der Waals surface area (Å²) in [4.78, 5) is 12.4. The molecule has 3 rings (SSSR count). The van der Waals surface area contributed by atoms with E-state index in [1.165, 1.54) is 29.7 Å². The van der Waals surface area contributed by atoms with Crippen LogP contribution >= 0.6 is 11.6 Å².